The van der Waals surface area contributed by atoms with Crippen LogP contribution in [0.5, 0.6) is 5.75 Å². The Balaban J connectivity index is 1.03. The number of benzene rings is 1. The number of likely N-dealkylation sites (N-methyl/N-ethyl adjacent to an activating group) is 1. The van der Waals surface area contributed by atoms with E-state index in [1.165, 1.54) is 24.8 Å². The first-order valence-electron chi connectivity index (χ1n) is 12.6. The molecule has 176 valence electrons. The summed E-state index contributed by atoms with van der Waals surface area (Å²) in [5.74, 6) is 0.912. The van der Waals surface area contributed by atoms with Crippen LogP contribution in [0.15, 0.2) is 24.3 Å². The van der Waals surface area contributed by atoms with Crippen LogP contribution in [0, 0.1) is 0 Å². The van der Waals surface area contributed by atoms with Gasteiger partial charge < -0.3 is 19.4 Å². The second-order valence-corrected chi connectivity index (χ2v) is 10.1. The molecule has 32 heavy (non-hydrogen) atoms. The molecule has 4 aliphatic rings. The highest BCUT2D eigenvalue weighted by Crippen LogP contribution is 2.26. The third-order valence-corrected chi connectivity index (χ3v) is 7.74. The minimum Gasteiger partial charge on any atom is -0.487 e. The van der Waals surface area contributed by atoms with Gasteiger partial charge in [0.15, 0.2) is 0 Å². The average molecular weight is 442 g/mol. The van der Waals surface area contributed by atoms with E-state index in [4.69, 9.17) is 4.74 Å². The van der Waals surface area contributed by atoms with Gasteiger partial charge in [0.05, 0.1) is 13.1 Å². The lowest BCUT2D eigenvalue weighted by Gasteiger charge is -2.41. The van der Waals surface area contributed by atoms with E-state index in [-0.39, 0.29) is 12.1 Å². The number of likely N-dealkylation sites (tertiary alicyclic amines) is 1. The number of nitrogens with zero attached hydrogens (tertiary/aromatic N) is 5. The highest BCUT2D eigenvalue weighted by atomic mass is 16.5. The first-order chi connectivity index (χ1) is 15.6. The van der Waals surface area contributed by atoms with Gasteiger partial charge in [0.2, 0.25) is 0 Å². The van der Waals surface area contributed by atoms with Gasteiger partial charge in [-0.2, -0.15) is 0 Å². The molecule has 0 unspecified atom stereocenters. The molecule has 1 aromatic rings. The van der Waals surface area contributed by atoms with E-state index in [2.05, 4.69) is 50.9 Å². The minimum atomic E-state index is 0.112. The number of piperazine rings is 1. The van der Waals surface area contributed by atoms with Crippen LogP contribution in [-0.4, -0.2) is 115 Å². The summed E-state index contributed by atoms with van der Waals surface area (Å²) in [4.78, 5) is 24.4. The van der Waals surface area contributed by atoms with Gasteiger partial charge in [-0.25, -0.2) is 4.79 Å². The van der Waals surface area contributed by atoms with Crippen molar-refractivity contribution < 1.29 is 9.53 Å². The molecule has 5 rings (SSSR count). The molecule has 7 heteroatoms. The maximum Gasteiger partial charge on any atom is 0.320 e. The SMILES string of the molecule is CN1CCN(Cc2ccc(OC3CN(C(=O)N4CCCN(C5CCC5)CC4)C3)cc2)CC1. The second kappa shape index (κ2) is 9.98. The molecule has 0 aromatic heterocycles. The van der Waals surface area contributed by atoms with Crippen molar-refractivity contribution in [3.63, 3.8) is 0 Å². The molecule has 0 bridgehead atoms. The Kier molecular flexibility index (Phi) is 6.85. The van der Waals surface area contributed by atoms with Crippen LogP contribution in [0.2, 0.25) is 0 Å². The largest absolute Gasteiger partial charge is 0.487 e. The van der Waals surface area contributed by atoms with Crippen LogP contribution in [0.3, 0.4) is 0 Å². The normalized spacial score (nSPS) is 24.7. The van der Waals surface area contributed by atoms with Crippen LogP contribution in [0.1, 0.15) is 31.2 Å². The van der Waals surface area contributed by atoms with Crippen LogP contribution < -0.4 is 4.74 Å². The van der Waals surface area contributed by atoms with E-state index < -0.39 is 0 Å². The fraction of sp³-hybridized carbons (Fsp3) is 0.720. The average Bonchev–Trinajstić information content (AvgIpc) is 2.98. The maximum atomic E-state index is 12.9. The number of hydrogen-bond donors (Lipinski definition) is 0. The summed E-state index contributed by atoms with van der Waals surface area (Å²) >= 11 is 0. The molecule has 2 amide bonds. The van der Waals surface area contributed by atoms with Crippen LogP contribution in [-0.2, 0) is 6.54 Å². The van der Waals surface area contributed by atoms with Gasteiger partial charge in [0, 0.05) is 64.9 Å². The Labute approximate surface area is 192 Å². The molecule has 1 aliphatic carbocycles. The zero-order valence-corrected chi connectivity index (χ0v) is 19.6. The van der Waals surface area contributed by atoms with Gasteiger partial charge in [-0.15, -0.1) is 0 Å². The standard InChI is InChI=1S/C25H39N5O2/c1-26-12-14-27(15-13-26)18-21-6-8-23(9-7-21)32-24-19-30(20-24)25(31)29-11-3-10-28(16-17-29)22-4-2-5-22/h6-9,22,24H,2-5,10-20H2,1H3. The van der Waals surface area contributed by atoms with Gasteiger partial charge in [-0.1, -0.05) is 18.6 Å². The molecule has 1 saturated carbocycles. The lowest BCUT2D eigenvalue weighted by Crippen LogP contribution is -2.60. The predicted octanol–water partition coefficient (Wildman–Crippen LogP) is 2.18. The van der Waals surface area contributed by atoms with E-state index in [1.807, 2.05) is 4.90 Å². The molecule has 7 nitrogen and oxygen atoms in total. The van der Waals surface area contributed by atoms with Gasteiger partial charge in [0.1, 0.15) is 11.9 Å². The van der Waals surface area contributed by atoms with E-state index in [9.17, 15) is 4.79 Å². The number of carbonyl (C=O) groups excluding carboxylic acids is 1. The first-order valence-corrected chi connectivity index (χ1v) is 12.6. The molecule has 1 aromatic carbocycles. The lowest BCUT2D eigenvalue weighted by molar-refractivity contribution is 0.0308. The van der Waals surface area contributed by atoms with Crippen molar-refractivity contribution in [3.8, 4) is 5.75 Å². The Hall–Kier alpha value is -1.83. The topological polar surface area (TPSA) is 42.5 Å². The Morgan fingerprint density at radius 1 is 0.875 bits per heavy atom. The minimum absolute atomic E-state index is 0.112. The molecule has 0 atom stereocenters. The van der Waals surface area contributed by atoms with Crippen molar-refractivity contribution in [2.24, 2.45) is 0 Å². The summed E-state index contributed by atoms with van der Waals surface area (Å²) < 4.78 is 6.13. The van der Waals surface area contributed by atoms with Crippen molar-refractivity contribution in [2.45, 2.75) is 44.4 Å². The Morgan fingerprint density at radius 3 is 2.31 bits per heavy atom. The fourth-order valence-electron chi connectivity index (χ4n) is 5.24. The van der Waals surface area contributed by atoms with E-state index in [1.54, 1.807) is 0 Å². The van der Waals surface area contributed by atoms with Crippen molar-refractivity contribution in [3.05, 3.63) is 29.8 Å². The molecule has 3 saturated heterocycles. The summed E-state index contributed by atoms with van der Waals surface area (Å²) in [5.41, 5.74) is 1.34. The highest BCUT2D eigenvalue weighted by Gasteiger charge is 2.36. The molecule has 3 heterocycles. The molecular weight excluding hydrogens is 402 g/mol. The summed E-state index contributed by atoms with van der Waals surface area (Å²) in [6.07, 6.45) is 5.27. The number of amides is 2. The third kappa shape index (κ3) is 5.21. The highest BCUT2D eigenvalue weighted by molar-refractivity contribution is 5.75. The third-order valence-electron chi connectivity index (χ3n) is 7.74. The van der Waals surface area contributed by atoms with Crippen molar-refractivity contribution >= 4 is 6.03 Å². The van der Waals surface area contributed by atoms with Crippen LogP contribution in [0.4, 0.5) is 4.79 Å². The second-order valence-electron chi connectivity index (χ2n) is 10.1. The van der Waals surface area contributed by atoms with Gasteiger partial charge in [-0.05, 0) is 44.0 Å². The fourth-order valence-corrected chi connectivity index (χ4v) is 5.24. The first kappa shape index (κ1) is 22.0. The molecule has 4 fully saturated rings. The zero-order chi connectivity index (χ0) is 21.9. The van der Waals surface area contributed by atoms with E-state index in [0.29, 0.717) is 13.1 Å². The van der Waals surface area contributed by atoms with Crippen molar-refractivity contribution in [2.75, 3.05) is 72.5 Å². The summed E-state index contributed by atoms with van der Waals surface area (Å²) in [7, 11) is 2.19. The van der Waals surface area contributed by atoms with Crippen molar-refractivity contribution in [1.29, 1.82) is 0 Å². The number of urea groups is 1. The van der Waals surface area contributed by atoms with Crippen LogP contribution in [0.25, 0.3) is 0 Å². The molecular formula is C25H39N5O2. The molecule has 0 spiro atoms. The van der Waals surface area contributed by atoms with Gasteiger partial charge in [0.25, 0.3) is 0 Å². The predicted molar refractivity (Wildman–Crippen MR) is 126 cm³/mol. The number of carbonyl (C=O) groups is 1. The van der Waals surface area contributed by atoms with E-state index >= 15 is 0 Å². The van der Waals surface area contributed by atoms with Crippen molar-refractivity contribution in [1.82, 2.24) is 24.5 Å². The molecule has 0 radical (unpaired) electrons. The summed E-state index contributed by atoms with van der Waals surface area (Å²) in [6, 6.07) is 9.50. The quantitative estimate of drug-likeness (QED) is 0.701. The van der Waals surface area contributed by atoms with Crippen LogP contribution >= 0.6 is 0 Å². The number of rotatable bonds is 5. The maximum absolute atomic E-state index is 12.9. The Morgan fingerprint density at radius 2 is 1.62 bits per heavy atom. The lowest BCUT2D eigenvalue weighted by atomic mass is 9.91. The number of ether oxygens (including phenoxy) is 1. The van der Waals surface area contributed by atoms with Gasteiger partial charge in [-0.3, -0.25) is 9.80 Å². The number of hydrogen-bond acceptors (Lipinski definition) is 5. The van der Waals surface area contributed by atoms with E-state index in [0.717, 1.165) is 77.1 Å². The Bertz CT molecular complexity index is 754. The monoisotopic (exact) mass is 441 g/mol. The zero-order valence-electron chi connectivity index (χ0n) is 19.6. The summed E-state index contributed by atoms with van der Waals surface area (Å²) in [5, 5.41) is 0. The molecule has 3 aliphatic heterocycles. The van der Waals surface area contributed by atoms with Gasteiger partial charge >= 0.3 is 6.03 Å². The smallest absolute Gasteiger partial charge is 0.320 e. The summed E-state index contributed by atoms with van der Waals surface area (Å²) in [6.45, 7) is 10.9. The molecule has 0 N–H and O–H groups in total.